The van der Waals surface area contributed by atoms with Gasteiger partial charge in [0.05, 0.1) is 24.9 Å². The first-order valence-corrected chi connectivity index (χ1v) is 9.34. The Balaban J connectivity index is 1.87. The number of hydrogen-bond acceptors (Lipinski definition) is 3. The number of aliphatic hydroxyl groups is 2. The van der Waals surface area contributed by atoms with Gasteiger partial charge in [0.25, 0.3) is 0 Å². The quantitative estimate of drug-likeness (QED) is 0.845. The summed E-state index contributed by atoms with van der Waals surface area (Å²) in [5.41, 5.74) is 3.79. The molecule has 0 radical (unpaired) electrons. The van der Waals surface area contributed by atoms with Gasteiger partial charge in [0, 0.05) is 18.8 Å². The lowest BCUT2D eigenvalue weighted by Crippen LogP contribution is -2.33. The van der Waals surface area contributed by atoms with Gasteiger partial charge in [-0.1, -0.05) is 44.2 Å². The third kappa shape index (κ3) is 4.14. The van der Waals surface area contributed by atoms with E-state index in [1.165, 1.54) is 11.6 Å². The summed E-state index contributed by atoms with van der Waals surface area (Å²) in [6.45, 7) is 3.98. The van der Waals surface area contributed by atoms with Crippen LogP contribution < -0.4 is 0 Å². The van der Waals surface area contributed by atoms with Crippen molar-refractivity contribution in [3.63, 3.8) is 0 Å². The standard InChI is InChI=1S/C22H27FO3/c1-3-15-4-6-16(7-5-15)14(2)20-10-17(8-9-21(20)23)22-12-18(25)11-19(13-24)26-22/h4-10,14,18-19,22,24-25H,3,11-13H2,1-2H3. The molecular formula is C22H27FO3. The summed E-state index contributed by atoms with van der Waals surface area (Å²) >= 11 is 0. The SMILES string of the molecule is CCc1ccc(C(C)c2cc(C3CC(O)CC(CO)O3)ccc2F)cc1. The van der Waals surface area contributed by atoms with Gasteiger partial charge in [0.2, 0.25) is 0 Å². The minimum Gasteiger partial charge on any atom is -0.394 e. The van der Waals surface area contributed by atoms with E-state index in [0.717, 1.165) is 17.5 Å². The summed E-state index contributed by atoms with van der Waals surface area (Å²) in [6, 6.07) is 13.3. The van der Waals surface area contributed by atoms with Gasteiger partial charge >= 0.3 is 0 Å². The Morgan fingerprint density at radius 2 is 1.88 bits per heavy atom. The van der Waals surface area contributed by atoms with Crippen molar-refractivity contribution < 1.29 is 19.3 Å². The van der Waals surface area contributed by atoms with E-state index in [2.05, 4.69) is 31.2 Å². The van der Waals surface area contributed by atoms with E-state index in [1.54, 1.807) is 6.07 Å². The number of aliphatic hydroxyl groups excluding tert-OH is 2. The largest absolute Gasteiger partial charge is 0.394 e. The molecule has 4 unspecified atom stereocenters. The smallest absolute Gasteiger partial charge is 0.127 e. The molecule has 0 saturated carbocycles. The van der Waals surface area contributed by atoms with E-state index in [9.17, 15) is 14.6 Å². The molecule has 3 rings (SSSR count). The first-order valence-electron chi connectivity index (χ1n) is 9.34. The normalized spacial score (nSPS) is 24.4. The molecule has 1 aliphatic heterocycles. The van der Waals surface area contributed by atoms with Gasteiger partial charge in [0.1, 0.15) is 5.82 Å². The summed E-state index contributed by atoms with van der Waals surface area (Å²) < 4.78 is 20.4. The molecule has 1 saturated heterocycles. The fraction of sp³-hybridized carbons (Fsp3) is 0.455. The van der Waals surface area contributed by atoms with Crippen molar-refractivity contribution in [2.24, 2.45) is 0 Å². The Bertz CT molecular complexity index is 729. The minimum atomic E-state index is -0.515. The van der Waals surface area contributed by atoms with Crippen molar-refractivity contribution in [2.45, 2.75) is 57.3 Å². The van der Waals surface area contributed by atoms with Gasteiger partial charge in [-0.25, -0.2) is 4.39 Å². The van der Waals surface area contributed by atoms with Crippen LogP contribution in [0, 0.1) is 5.82 Å². The molecule has 2 N–H and O–H groups in total. The number of ether oxygens (including phenoxy) is 1. The Morgan fingerprint density at radius 3 is 2.54 bits per heavy atom. The van der Waals surface area contributed by atoms with E-state index >= 15 is 0 Å². The lowest BCUT2D eigenvalue weighted by atomic mass is 9.88. The molecule has 2 aromatic carbocycles. The molecule has 26 heavy (non-hydrogen) atoms. The van der Waals surface area contributed by atoms with Gasteiger partial charge in [-0.3, -0.25) is 0 Å². The molecule has 1 aliphatic rings. The first-order chi connectivity index (χ1) is 12.5. The lowest BCUT2D eigenvalue weighted by molar-refractivity contribution is -0.113. The van der Waals surface area contributed by atoms with Gasteiger partial charge in [0.15, 0.2) is 0 Å². The van der Waals surface area contributed by atoms with Crippen LogP contribution in [0.3, 0.4) is 0 Å². The molecule has 4 atom stereocenters. The van der Waals surface area contributed by atoms with Crippen molar-refractivity contribution in [2.75, 3.05) is 6.61 Å². The zero-order valence-corrected chi connectivity index (χ0v) is 15.4. The molecule has 140 valence electrons. The average molecular weight is 358 g/mol. The van der Waals surface area contributed by atoms with Crippen molar-refractivity contribution >= 4 is 0 Å². The monoisotopic (exact) mass is 358 g/mol. The molecule has 3 nitrogen and oxygen atoms in total. The maximum atomic E-state index is 14.5. The predicted octanol–water partition coefficient (Wildman–Crippen LogP) is 4.11. The minimum absolute atomic E-state index is 0.0805. The molecule has 1 heterocycles. The Labute approximate surface area is 154 Å². The zero-order valence-electron chi connectivity index (χ0n) is 15.4. The highest BCUT2D eigenvalue weighted by atomic mass is 19.1. The summed E-state index contributed by atoms with van der Waals surface area (Å²) in [6.07, 6.45) is 0.647. The molecule has 1 fully saturated rings. The second-order valence-electron chi connectivity index (χ2n) is 7.15. The molecule has 0 aliphatic carbocycles. The summed E-state index contributed by atoms with van der Waals surface area (Å²) in [5.74, 6) is -0.320. The summed E-state index contributed by atoms with van der Waals surface area (Å²) in [5, 5.41) is 19.4. The number of hydrogen-bond donors (Lipinski definition) is 2. The fourth-order valence-corrected chi connectivity index (χ4v) is 3.64. The number of rotatable bonds is 5. The van der Waals surface area contributed by atoms with Crippen LogP contribution in [0.15, 0.2) is 42.5 Å². The zero-order chi connectivity index (χ0) is 18.7. The van der Waals surface area contributed by atoms with E-state index < -0.39 is 6.10 Å². The van der Waals surface area contributed by atoms with Gasteiger partial charge < -0.3 is 14.9 Å². The number of halogens is 1. The number of aryl methyl sites for hydroxylation is 1. The van der Waals surface area contributed by atoms with Crippen molar-refractivity contribution in [3.8, 4) is 0 Å². The maximum absolute atomic E-state index is 14.5. The van der Waals surface area contributed by atoms with Crippen LogP contribution in [0.5, 0.6) is 0 Å². The first kappa shape index (κ1) is 19.0. The van der Waals surface area contributed by atoms with E-state index in [1.807, 2.05) is 13.0 Å². The third-order valence-corrected chi connectivity index (χ3v) is 5.33. The van der Waals surface area contributed by atoms with Gasteiger partial charge in [-0.2, -0.15) is 0 Å². The Hall–Kier alpha value is -1.75. The van der Waals surface area contributed by atoms with E-state index in [4.69, 9.17) is 4.74 Å². The van der Waals surface area contributed by atoms with Crippen LogP contribution in [0.1, 0.15) is 61.0 Å². The topological polar surface area (TPSA) is 49.7 Å². The van der Waals surface area contributed by atoms with E-state index in [0.29, 0.717) is 18.4 Å². The Morgan fingerprint density at radius 1 is 1.15 bits per heavy atom. The van der Waals surface area contributed by atoms with Crippen molar-refractivity contribution in [3.05, 3.63) is 70.5 Å². The van der Waals surface area contributed by atoms with Crippen LogP contribution in [0.4, 0.5) is 4.39 Å². The third-order valence-electron chi connectivity index (χ3n) is 5.33. The molecule has 0 spiro atoms. The van der Waals surface area contributed by atoms with Crippen molar-refractivity contribution in [1.82, 2.24) is 0 Å². The number of benzene rings is 2. The molecule has 0 aromatic heterocycles. The summed E-state index contributed by atoms with van der Waals surface area (Å²) in [7, 11) is 0. The molecule has 0 bridgehead atoms. The van der Waals surface area contributed by atoms with Crippen molar-refractivity contribution in [1.29, 1.82) is 0 Å². The van der Waals surface area contributed by atoms with Crippen LogP contribution in [0.25, 0.3) is 0 Å². The second-order valence-corrected chi connectivity index (χ2v) is 7.15. The van der Waals surface area contributed by atoms with Crippen LogP contribution in [-0.2, 0) is 11.2 Å². The second kappa shape index (κ2) is 8.30. The average Bonchev–Trinajstić information content (AvgIpc) is 2.67. The lowest BCUT2D eigenvalue weighted by Gasteiger charge is -2.33. The molecule has 0 amide bonds. The van der Waals surface area contributed by atoms with Crippen LogP contribution >= 0.6 is 0 Å². The highest BCUT2D eigenvalue weighted by molar-refractivity contribution is 5.37. The molecular weight excluding hydrogens is 331 g/mol. The fourth-order valence-electron chi connectivity index (χ4n) is 3.64. The van der Waals surface area contributed by atoms with Gasteiger partial charge in [-0.15, -0.1) is 0 Å². The highest BCUT2D eigenvalue weighted by Gasteiger charge is 2.29. The van der Waals surface area contributed by atoms with E-state index in [-0.39, 0.29) is 30.5 Å². The maximum Gasteiger partial charge on any atom is 0.127 e. The molecule has 4 heteroatoms. The Kier molecular flexibility index (Phi) is 6.07. The van der Waals surface area contributed by atoms with Crippen LogP contribution in [0.2, 0.25) is 0 Å². The molecule has 2 aromatic rings. The van der Waals surface area contributed by atoms with Gasteiger partial charge in [-0.05, 0) is 40.8 Å². The van der Waals surface area contributed by atoms with Crippen LogP contribution in [-0.4, -0.2) is 29.0 Å². The summed E-state index contributed by atoms with van der Waals surface area (Å²) in [4.78, 5) is 0. The predicted molar refractivity (Wildman–Crippen MR) is 99.7 cm³/mol. The highest BCUT2D eigenvalue weighted by Crippen LogP contribution is 2.35.